The summed E-state index contributed by atoms with van der Waals surface area (Å²) in [6.07, 6.45) is 3.16. The molecule has 1 aliphatic heterocycles. The van der Waals surface area contributed by atoms with Gasteiger partial charge in [0.25, 0.3) is 5.89 Å². The lowest BCUT2D eigenvalue weighted by Gasteiger charge is -2.33. The Labute approximate surface area is 209 Å². The molecule has 1 saturated heterocycles. The molecule has 2 aromatic carbocycles. The minimum Gasteiger partial charge on any atom is -0.356 e. The van der Waals surface area contributed by atoms with Gasteiger partial charge in [0, 0.05) is 30.8 Å². The first kappa shape index (κ1) is 23.7. The number of pyridine rings is 1. The van der Waals surface area contributed by atoms with Crippen LogP contribution in [0.5, 0.6) is 0 Å². The van der Waals surface area contributed by atoms with E-state index in [4.69, 9.17) is 4.52 Å². The highest BCUT2D eigenvalue weighted by Crippen LogP contribution is 2.32. The molecule has 2 aromatic heterocycles. The van der Waals surface area contributed by atoms with Gasteiger partial charge in [0.2, 0.25) is 11.7 Å². The van der Waals surface area contributed by atoms with Gasteiger partial charge in [0.05, 0.1) is 11.6 Å². The van der Waals surface area contributed by atoms with E-state index in [0.29, 0.717) is 37.6 Å². The predicted molar refractivity (Wildman–Crippen MR) is 136 cm³/mol. The van der Waals surface area contributed by atoms with Gasteiger partial charge in [-0.2, -0.15) is 4.98 Å². The van der Waals surface area contributed by atoms with Crippen molar-refractivity contribution in [2.45, 2.75) is 32.7 Å². The maximum Gasteiger partial charge on any atom is 0.261 e. The highest BCUT2D eigenvalue weighted by molar-refractivity contribution is 5.79. The minimum atomic E-state index is -0.287. The number of aryl methyl sites for hydroxylation is 1. The molecule has 8 heteroatoms. The molecular formula is C28H28FN5O2. The number of nitrogens with zero attached hydrogens (tertiary/aromatic N) is 4. The summed E-state index contributed by atoms with van der Waals surface area (Å²) in [5, 5.41) is 7.25. The van der Waals surface area contributed by atoms with Crippen molar-refractivity contribution in [2.75, 3.05) is 18.0 Å². The van der Waals surface area contributed by atoms with Crippen molar-refractivity contribution in [3.05, 3.63) is 83.8 Å². The van der Waals surface area contributed by atoms with Gasteiger partial charge in [0.1, 0.15) is 11.6 Å². The third kappa shape index (κ3) is 5.12. The second kappa shape index (κ2) is 10.3. The molecule has 1 aliphatic rings. The molecule has 1 N–H and O–H groups in total. The number of rotatable bonds is 6. The number of amides is 1. The first-order chi connectivity index (χ1) is 17.5. The van der Waals surface area contributed by atoms with Crippen LogP contribution in [-0.4, -0.2) is 34.1 Å². The number of piperidine rings is 1. The number of carbonyl (C=O) groups is 1. The van der Waals surface area contributed by atoms with E-state index in [1.165, 1.54) is 12.1 Å². The van der Waals surface area contributed by atoms with Gasteiger partial charge in [-0.15, -0.1) is 0 Å². The second-order valence-electron chi connectivity index (χ2n) is 9.21. The number of hydrogen-bond donors (Lipinski definition) is 1. The molecule has 5 rings (SSSR count). The molecule has 0 bridgehead atoms. The number of anilines is 1. The summed E-state index contributed by atoms with van der Waals surface area (Å²) in [5.74, 6) is 1.37. The highest BCUT2D eigenvalue weighted by atomic mass is 19.1. The Morgan fingerprint density at radius 2 is 1.89 bits per heavy atom. The van der Waals surface area contributed by atoms with Gasteiger partial charge >= 0.3 is 0 Å². The summed E-state index contributed by atoms with van der Waals surface area (Å²) >= 11 is 0. The average molecular weight is 486 g/mol. The SMILES string of the molecule is Cc1cccc(-c2noc(-c3cccnc3N3CCC(C(=O)NC(C)c4ccc(F)cc4)CC3)n2)c1. The first-order valence-electron chi connectivity index (χ1n) is 12.1. The van der Waals surface area contributed by atoms with Gasteiger partial charge < -0.3 is 14.7 Å². The number of aromatic nitrogens is 3. The van der Waals surface area contributed by atoms with Crippen molar-refractivity contribution >= 4 is 11.7 Å². The Bertz CT molecular complexity index is 1350. The number of hydrogen-bond acceptors (Lipinski definition) is 6. The number of halogens is 1. The van der Waals surface area contributed by atoms with Crippen molar-refractivity contribution in [1.82, 2.24) is 20.4 Å². The van der Waals surface area contributed by atoms with Gasteiger partial charge in [-0.1, -0.05) is 41.1 Å². The molecule has 1 fully saturated rings. The van der Waals surface area contributed by atoms with Crippen LogP contribution >= 0.6 is 0 Å². The number of benzene rings is 2. The molecule has 0 radical (unpaired) electrons. The van der Waals surface area contributed by atoms with Crippen LogP contribution in [0.1, 0.15) is 36.9 Å². The summed E-state index contributed by atoms with van der Waals surface area (Å²) in [7, 11) is 0. The van der Waals surface area contributed by atoms with Crippen LogP contribution in [0.3, 0.4) is 0 Å². The third-order valence-electron chi connectivity index (χ3n) is 6.61. The highest BCUT2D eigenvalue weighted by Gasteiger charge is 2.28. The third-order valence-corrected chi connectivity index (χ3v) is 6.61. The fourth-order valence-electron chi connectivity index (χ4n) is 4.57. The molecule has 3 heterocycles. The fraction of sp³-hybridized carbons (Fsp3) is 0.286. The molecule has 184 valence electrons. The number of nitrogens with one attached hydrogen (secondary N) is 1. The molecule has 36 heavy (non-hydrogen) atoms. The topological polar surface area (TPSA) is 84.2 Å². The summed E-state index contributed by atoms with van der Waals surface area (Å²) in [5.41, 5.74) is 3.68. The maximum absolute atomic E-state index is 13.2. The zero-order valence-electron chi connectivity index (χ0n) is 20.3. The maximum atomic E-state index is 13.2. The van der Waals surface area contributed by atoms with Crippen LogP contribution in [0, 0.1) is 18.7 Å². The minimum absolute atomic E-state index is 0.0208. The van der Waals surface area contributed by atoms with Crippen molar-refractivity contribution in [1.29, 1.82) is 0 Å². The van der Waals surface area contributed by atoms with Crippen molar-refractivity contribution in [3.63, 3.8) is 0 Å². The summed E-state index contributed by atoms with van der Waals surface area (Å²) in [6, 6.07) is 17.8. The lowest BCUT2D eigenvalue weighted by atomic mass is 9.95. The zero-order valence-corrected chi connectivity index (χ0v) is 20.3. The van der Waals surface area contributed by atoms with Crippen LogP contribution in [0.25, 0.3) is 22.8 Å². The molecule has 0 spiro atoms. The van der Waals surface area contributed by atoms with Crippen LogP contribution in [0.4, 0.5) is 10.2 Å². The molecule has 4 aromatic rings. The molecule has 0 saturated carbocycles. The van der Waals surface area contributed by atoms with E-state index in [1.807, 2.05) is 50.2 Å². The summed E-state index contributed by atoms with van der Waals surface area (Å²) < 4.78 is 18.8. The summed E-state index contributed by atoms with van der Waals surface area (Å²) in [4.78, 5) is 24.3. The van der Waals surface area contributed by atoms with Gasteiger partial charge in [-0.05, 0) is 62.6 Å². The van der Waals surface area contributed by atoms with Gasteiger partial charge in [-0.25, -0.2) is 9.37 Å². The largest absolute Gasteiger partial charge is 0.356 e. The van der Waals surface area contributed by atoms with E-state index in [1.54, 1.807) is 18.3 Å². The predicted octanol–water partition coefficient (Wildman–Crippen LogP) is 5.34. The lowest BCUT2D eigenvalue weighted by molar-refractivity contribution is -0.126. The Morgan fingerprint density at radius 3 is 2.64 bits per heavy atom. The van der Waals surface area contributed by atoms with Crippen LogP contribution < -0.4 is 10.2 Å². The molecule has 1 atom stereocenters. The van der Waals surface area contributed by atoms with Crippen molar-refractivity contribution < 1.29 is 13.7 Å². The van der Waals surface area contributed by atoms with Crippen LogP contribution in [0.2, 0.25) is 0 Å². The molecule has 1 unspecified atom stereocenters. The van der Waals surface area contributed by atoms with Gasteiger partial charge in [0.15, 0.2) is 0 Å². The quantitative estimate of drug-likeness (QED) is 0.397. The van der Waals surface area contributed by atoms with E-state index in [-0.39, 0.29) is 23.7 Å². The fourth-order valence-corrected chi connectivity index (χ4v) is 4.57. The van der Waals surface area contributed by atoms with Crippen LogP contribution in [0.15, 0.2) is 71.4 Å². The van der Waals surface area contributed by atoms with E-state index >= 15 is 0 Å². The van der Waals surface area contributed by atoms with Crippen molar-refractivity contribution in [3.8, 4) is 22.8 Å². The van der Waals surface area contributed by atoms with E-state index in [2.05, 4.69) is 25.3 Å². The standard InChI is InChI=1S/C28H28FN5O2/c1-18-5-3-6-22(17-18)25-32-28(36-33-25)24-7-4-14-30-26(24)34-15-12-21(13-16-34)27(35)31-19(2)20-8-10-23(29)11-9-20/h3-11,14,17,19,21H,12-13,15-16H2,1-2H3,(H,31,35). The van der Waals surface area contributed by atoms with E-state index in [9.17, 15) is 9.18 Å². The Balaban J connectivity index is 1.25. The lowest BCUT2D eigenvalue weighted by Crippen LogP contribution is -2.41. The smallest absolute Gasteiger partial charge is 0.261 e. The molecule has 7 nitrogen and oxygen atoms in total. The Hall–Kier alpha value is -4.07. The summed E-state index contributed by atoms with van der Waals surface area (Å²) in [6.45, 7) is 5.31. The Kier molecular flexibility index (Phi) is 6.75. The average Bonchev–Trinajstić information content (AvgIpc) is 3.39. The van der Waals surface area contributed by atoms with Crippen molar-refractivity contribution in [2.24, 2.45) is 5.92 Å². The zero-order chi connectivity index (χ0) is 25.1. The van der Waals surface area contributed by atoms with Gasteiger partial charge in [-0.3, -0.25) is 4.79 Å². The monoisotopic (exact) mass is 485 g/mol. The van der Waals surface area contributed by atoms with E-state index in [0.717, 1.165) is 28.1 Å². The van der Waals surface area contributed by atoms with E-state index < -0.39 is 0 Å². The normalized spacial score (nSPS) is 15.0. The molecule has 1 amide bonds. The Morgan fingerprint density at radius 1 is 1.11 bits per heavy atom. The molecule has 0 aliphatic carbocycles. The van der Waals surface area contributed by atoms with Crippen LogP contribution in [-0.2, 0) is 4.79 Å². The first-order valence-corrected chi connectivity index (χ1v) is 12.1. The second-order valence-corrected chi connectivity index (χ2v) is 9.21. The molecular weight excluding hydrogens is 457 g/mol. The number of carbonyl (C=O) groups excluding carboxylic acids is 1.